The van der Waals surface area contributed by atoms with Crippen molar-refractivity contribution in [2.45, 2.75) is 49.8 Å². The van der Waals surface area contributed by atoms with Gasteiger partial charge in [0.25, 0.3) is 0 Å². The van der Waals surface area contributed by atoms with E-state index in [9.17, 15) is 8.42 Å². The quantitative estimate of drug-likeness (QED) is 0.803. The lowest BCUT2D eigenvalue weighted by atomic mass is 10.2. The van der Waals surface area contributed by atoms with E-state index < -0.39 is 10.0 Å². The fraction of sp³-hybridized carbons (Fsp3) is 0.600. The fourth-order valence-corrected chi connectivity index (χ4v) is 3.89. The van der Waals surface area contributed by atoms with Crippen LogP contribution in [0.5, 0.6) is 0 Å². The third-order valence-electron chi connectivity index (χ3n) is 3.85. The topological polar surface area (TPSA) is 67.4 Å². The van der Waals surface area contributed by atoms with Crippen molar-refractivity contribution in [3.8, 4) is 0 Å². The number of nitrogens with one attached hydrogen (secondary N) is 2. The molecule has 2 rings (SSSR count). The predicted molar refractivity (Wildman–Crippen MR) is 82.6 cm³/mol. The molecule has 6 heteroatoms. The molecule has 0 aromatic heterocycles. The summed E-state index contributed by atoms with van der Waals surface area (Å²) in [6, 6.07) is 7.00. The Balaban J connectivity index is 1.99. The second kappa shape index (κ2) is 7.35. The Hall–Kier alpha value is -0.950. The highest BCUT2D eigenvalue weighted by Crippen LogP contribution is 2.23. The lowest BCUT2D eigenvalue weighted by Gasteiger charge is -2.13. The van der Waals surface area contributed by atoms with Crippen LogP contribution in [-0.4, -0.2) is 34.2 Å². The van der Waals surface area contributed by atoms with Gasteiger partial charge in [0, 0.05) is 19.7 Å². The molecule has 2 N–H and O–H groups in total. The summed E-state index contributed by atoms with van der Waals surface area (Å²) in [4.78, 5) is 0.323. The van der Waals surface area contributed by atoms with E-state index >= 15 is 0 Å². The molecule has 0 heterocycles. The lowest BCUT2D eigenvalue weighted by molar-refractivity contribution is 0.107. The summed E-state index contributed by atoms with van der Waals surface area (Å²) in [6.07, 6.45) is 2.65. The summed E-state index contributed by atoms with van der Waals surface area (Å²) in [5.74, 6) is 0. The Bertz CT molecular complexity index is 543. The van der Waals surface area contributed by atoms with Gasteiger partial charge < -0.3 is 10.1 Å². The summed E-state index contributed by atoms with van der Waals surface area (Å²) in [6.45, 7) is 3.68. The second-order valence-corrected chi connectivity index (χ2v) is 7.13. The number of rotatable bonds is 7. The first kappa shape index (κ1) is 16.4. The molecule has 118 valence electrons. The minimum absolute atomic E-state index is 0.0265. The van der Waals surface area contributed by atoms with Gasteiger partial charge in [0.1, 0.15) is 0 Å². The van der Waals surface area contributed by atoms with E-state index in [1.165, 1.54) is 0 Å². The van der Waals surface area contributed by atoms with Gasteiger partial charge in [0.2, 0.25) is 10.0 Å². The molecule has 1 aliphatic rings. The maximum Gasteiger partial charge on any atom is 0.240 e. The zero-order valence-corrected chi connectivity index (χ0v) is 13.4. The first-order valence-corrected chi connectivity index (χ1v) is 8.88. The van der Waals surface area contributed by atoms with Gasteiger partial charge in [-0.15, -0.1) is 0 Å². The normalized spacial score (nSPS) is 22.6. The average Bonchev–Trinajstić information content (AvgIpc) is 2.92. The number of sulfonamides is 1. The van der Waals surface area contributed by atoms with Crippen LogP contribution >= 0.6 is 0 Å². The van der Waals surface area contributed by atoms with Crippen molar-refractivity contribution in [2.24, 2.45) is 0 Å². The van der Waals surface area contributed by atoms with Crippen LogP contribution < -0.4 is 10.0 Å². The number of hydrogen-bond donors (Lipinski definition) is 2. The minimum atomic E-state index is -3.44. The van der Waals surface area contributed by atoms with Crippen molar-refractivity contribution >= 4 is 10.0 Å². The molecule has 2 unspecified atom stereocenters. The Labute approximate surface area is 127 Å². The number of hydrogen-bond acceptors (Lipinski definition) is 4. The largest absolute Gasteiger partial charge is 0.381 e. The predicted octanol–water partition coefficient (Wildman–Crippen LogP) is 1.64. The van der Waals surface area contributed by atoms with E-state index in [0.717, 1.165) is 37.9 Å². The van der Waals surface area contributed by atoms with Crippen LogP contribution in [0, 0.1) is 0 Å². The molecule has 1 aromatic carbocycles. The van der Waals surface area contributed by atoms with E-state index in [0.29, 0.717) is 4.90 Å². The molecule has 0 spiro atoms. The zero-order chi connectivity index (χ0) is 15.3. The third kappa shape index (κ3) is 4.51. The maximum atomic E-state index is 12.3. The van der Waals surface area contributed by atoms with Gasteiger partial charge in [-0.05, 0) is 43.5 Å². The van der Waals surface area contributed by atoms with Crippen LogP contribution in [0.2, 0.25) is 0 Å². The van der Waals surface area contributed by atoms with Crippen LogP contribution in [0.4, 0.5) is 0 Å². The van der Waals surface area contributed by atoms with Crippen molar-refractivity contribution in [1.29, 1.82) is 0 Å². The van der Waals surface area contributed by atoms with Crippen LogP contribution in [0.25, 0.3) is 0 Å². The molecular formula is C15H24N2O3S. The average molecular weight is 312 g/mol. The van der Waals surface area contributed by atoms with Crippen molar-refractivity contribution in [1.82, 2.24) is 10.0 Å². The van der Waals surface area contributed by atoms with Crippen LogP contribution in [0.1, 0.15) is 31.7 Å². The Morgan fingerprint density at radius 2 is 1.95 bits per heavy atom. The van der Waals surface area contributed by atoms with Gasteiger partial charge in [-0.2, -0.15) is 0 Å². The van der Waals surface area contributed by atoms with Gasteiger partial charge in [-0.25, -0.2) is 13.1 Å². The zero-order valence-electron chi connectivity index (χ0n) is 12.6. The van der Waals surface area contributed by atoms with E-state index in [4.69, 9.17) is 4.74 Å². The molecular weight excluding hydrogens is 288 g/mol. The highest BCUT2D eigenvalue weighted by Gasteiger charge is 2.28. The van der Waals surface area contributed by atoms with Gasteiger partial charge in [0.15, 0.2) is 0 Å². The molecule has 21 heavy (non-hydrogen) atoms. The Morgan fingerprint density at radius 3 is 2.52 bits per heavy atom. The van der Waals surface area contributed by atoms with Crippen LogP contribution in [-0.2, 0) is 21.3 Å². The lowest BCUT2D eigenvalue weighted by Crippen LogP contribution is -2.33. The molecule has 1 aromatic rings. The molecule has 0 aliphatic heterocycles. The van der Waals surface area contributed by atoms with Crippen molar-refractivity contribution in [3.63, 3.8) is 0 Å². The maximum absolute atomic E-state index is 12.3. The monoisotopic (exact) mass is 312 g/mol. The van der Waals surface area contributed by atoms with Crippen LogP contribution in [0.3, 0.4) is 0 Å². The number of benzene rings is 1. The summed E-state index contributed by atoms with van der Waals surface area (Å²) in [7, 11) is -1.77. The summed E-state index contributed by atoms with van der Waals surface area (Å²) in [5, 5.41) is 3.21. The molecule has 5 nitrogen and oxygen atoms in total. The second-order valence-electron chi connectivity index (χ2n) is 5.41. The molecule has 0 bridgehead atoms. The first-order valence-electron chi connectivity index (χ1n) is 7.40. The van der Waals surface area contributed by atoms with E-state index in [2.05, 4.69) is 10.0 Å². The first-order chi connectivity index (χ1) is 10.0. The van der Waals surface area contributed by atoms with E-state index in [1.54, 1.807) is 19.2 Å². The molecule has 0 saturated heterocycles. The fourth-order valence-electron chi connectivity index (χ4n) is 2.60. The third-order valence-corrected chi connectivity index (χ3v) is 5.39. The van der Waals surface area contributed by atoms with Crippen molar-refractivity contribution < 1.29 is 13.2 Å². The standard InChI is InChI=1S/C15H24N2O3S/c1-3-16-11-12-4-8-15(9-5-12)21(18,19)17-13-6-7-14(10-13)20-2/h4-5,8-9,13-14,16-17H,3,6-7,10-11H2,1-2H3. The highest BCUT2D eigenvalue weighted by atomic mass is 32.2. The molecule has 2 atom stereocenters. The molecule has 0 amide bonds. The summed E-state index contributed by atoms with van der Waals surface area (Å²) in [5.41, 5.74) is 1.08. The minimum Gasteiger partial charge on any atom is -0.381 e. The van der Waals surface area contributed by atoms with Crippen molar-refractivity contribution in [2.75, 3.05) is 13.7 Å². The summed E-state index contributed by atoms with van der Waals surface area (Å²) >= 11 is 0. The Morgan fingerprint density at radius 1 is 1.24 bits per heavy atom. The van der Waals surface area contributed by atoms with E-state index in [-0.39, 0.29) is 12.1 Å². The SMILES string of the molecule is CCNCc1ccc(S(=O)(=O)NC2CCC(OC)C2)cc1. The van der Waals surface area contributed by atoms with Gasteiger partial charge >= 0.3 is 0 Å². The number of methoxy groups -OCH3 is 1. The van der Waals surface area contributed by atoms with E-state index in [1.807, 2.05) is 19.1 Å². The van der Waals surface area contributed by atoms with Gasteiger partial charge in [-0.3, -0.25) is 0 Å². The summed E-state index contributed by atoms with van der Waals surface area (Å²) < 4.78 is 32.7. The number of ether oxygens (including phenoxy) is 1. The van der Waals surface area contributed by atoms with Gasteiger partial charge in [0.05, 0.1) is 11.0 Å². The smallest absolute Gasteiger partial charge is 0.240 e. The van der Waals surface area contributed by atoms with Gasteiger partial charge in [-0.1, -0.05) is 19.1 Å². The molecule has 1 saturated carbocycles. The Kier molecular flexibility index (Phi) is 5.75. The molecule has 0 radical (unpaired) electrons. The highest BCUT2D eigenvalue weighted by molar-refractivity contribution is 7.89. The van der Waals surface area contributed by atoms with Crippen LogP contribution in [0.15, 0.2) is 29.2 Å². The molecule has 1 fully saturated rings. The molecule has 1 aliphatic carbocycles. The van der Waals surface area contributed by atoms with Crippen molar-refractivity contribution in [3.05, 3.63) is 29.8 Å².